The number of benzene rings is 1. The summed E-state index contributed by atoms with van der Waals surface area (Å²) in [5.74, 6) is 0. The first-order chi connectivity index (χ1) is 10.1. The first-order valence-electron chi connectivity index (χ1n) is 7.41. The van der Waals surface area contributed by atoms with Crippen molar-refractivity contribution in [2.45, 2.75) is 31.4 Å². The highest BCUT2D eigenvalue weighted by atomic mass is 127. The van der Waals surface area contributed by atoms with Crippen molar-refractivity contribution in [2.75, 3.05) is 18.0 Å². The summed E-state index contributed by atoms with van der Waals surface area (Å²) in [4.78, 5) is 14.7. The minimum absolute atomic E-state index is 0.126. The number of rotatable bonds is 2. The van der Waals surface area contributed by atoms with Crippen LogP contribution in [0.5, 0.6) is 0 Å². The van der Waals surface area contributed by atoms with Crippen molar-refractivity contribution in [1.82, 2.24) is 4.57 Å². The first-order valence-corrected chi connectivity index (χ1v) is 8.49. The number of β-amino-alcohol motifs (C(OH)–C–C–N with tert-alkyl or cyclic N) is 1. The van der Waals surface area contributed by atoms with E-state index in [1.54, 1.807) is 0 Å². The molecule has 1 aliphatic carbocycles. The van der Waals surface area contributed by atoms with Crippen LogP contribution in [0.15, 0.2) is 29.2 Å². The lowest BCUT2D eigenvalue weighted by Crippen LogP contribution is -2.22. The molecular formula is C16H17IN2O2. The second-order valence-electron chi connectivity index (χ2n) is 6.04. The molecule has 2 heterocycles. The number of aliphatic hydroxyl groups excluding tert-OH is 1. The molecule has 1 N–H and O–H groups in total. The fraction of sp³-hybridized carbons (Fsp3) is 0.438. The van der Waals surface area contributed by atoms with Gasteiger partial charge >= 0.3 is 0 Å². The quantitative estimate of drug-likeness (QED) is 0.794. The molecule has 0 radical (unpaired) electrons. The lowest BCUT2D eigenvalue weighted by atomic mass is 10.1. The van der Waals surface area contributed by atoms with Crippen LogP contribution in [0.1, 0.15) is 25.3 Å². The van der Waals surface area contributed by atoms with Gasteiger partial charge in [0.05, 0.1) is 6.10 Å². The van der Waals surface area contributed by atoms with Crippen LogP contribution >= 0.6 is 22.6 Å². The highest BCUT2D eigenvalue weighted by Crippen LogP contribution is 2.35. The molecule has 2 aliphatic rings. The molecule has 4 nitrogen and oxygen atoms in total. The van der Waals surface area contributed by atoms with Gasteiger partial charge in [0, 0.05) is 45.4 Å². The van der Waals surface area contributed by atoms with Gasteiger partial charge in [-0.3, -0.25) is 4.79 Å². The Balaban J connectivity index is 1.83. The molecule has 0 unspecified atom stereocenters. The molecule has 21 heavy (non-hydrogen) atoms. The van der Waals surface area contributed by atoms with Crippen molar-refractivity contribution < 1.29 is 5.11 Å². The maximum Gasteiger partial charge on any atom is 0.258 e. The molecule has 2 fully saturated rings. The molecule has 2 aromatic rings. The van der Waals surface area contributed by atoms with Crippen LogP contribution < -0.4 is 10.5 Å². The van der Waals surface area contributed by atoms with E-state index in [1.165, 1.54) is 0 Å². The number of aliphatic hydroxyl groups is 1. The Morgan fingerprint density at radius 1 is 1.19 bits per heavy atom. The molecule has 0 spiro atoms. The van der Waals surface area contributed by atoms with Gasteiger partial charge in [-0.15, -0.1) is 0 Å². The number of anilines is 1. The van der Waals surface area contributed by atoms with Gasteiger partial charge in [-0.2, -0.15) is 0 Å². The van der Waals surface area contributed by atoms with E-state index in [4.69, 9.17) is 0 Å². The molecule has 110 valence electrons. The Kier molecular flexibility index (Phi) is 3.22. The topological polar surface area (TPSA) is 45.5 Å². The van der Waals surface area contributed by atoms with E-state index in [9.17, 15) is 9.90 Å². The van der Waals surface area contributed by atoms with E-state index >= 15 is 0 Å². The third-order valence-electron chi connectivity index (χ3n) is 4.45. The van der Waals surface area contributed by atoms with Gasteiger partial charge in [0.2, 0.25) is 0 Å². The summed E-state index contributed by atoms with van der Waals surface area (Å²) in [6.45, 7) is 1.56. The first kappa shape index (κ1) is 13.6. The molecule has 5 heteroatoms. The minimum atomic E-state index is -0.234. The van der Waals surface area contributed by atoms with Crippen LogP contribution in [0.2, 0.25) is 0 Å². The van der Waals surface area contributed by atoms with E-state index < -0.39 is 0 Å². The zero-order valence-corrected chi connectivity index (χ0v) is 13.8. The molecule has 1 saturated heterocycles. The van der Waals surface area contributed by atoms with Crippen LogP contribution in [0.25, 0.3) is 10.8 Å². The Morgan fingerprint density at radius 3 is 2.67 bits per heavy atom. The summed E-state index contributed by atoms with van der Waals surface area (Å²) in [5, 5.41) is 11.5. The van der Waals surface area contributed by atoms with E-state index in [2.05, 4.69) is 33.6 Å². The van der Waals surface area contributed by atoms with Crippen LogP contribution in [-0.2, 0) is 0 Å². The number of nitrogens with zero attached hydrogens (tertiary/aromatic N) is 2. The summed E-state index contributed by atoms with van der Waals surface area (Å²) in [6.07, 6.45) is 4.81. The molecule has 0 bridgehead atoms. The predicted octanol–water partition coefficient (Wildman–Crippen LogP) is 2.51. The summed E-state index contributed by atoms with van der Waals surface area (Å²) in [7, 11) is 0. The van der Waals surface area contributed by atoms with Crippen molar-refractivity contribution in [3.63, 3.8) is 0 Å². The molecule has 1 aliphatic heterocycles. The Morgan fingerprint density at radius 2 is 2.00 bits per heavy atom. The standard InChI is InChI=1S/C16H17IN2O2/c17-15-9-19(10-1-2-10)16(21)13-4-3-11(7-14(13)15)18-6-5-12(20)8-18/h3-4,7,9-10,12,20H,1-2,5-6,8H2/t12-/m1/s1. The molecular weight excluding hydrogens is 379 g/mol. The highest BCUT2D eigenvalue weighted by Gasteiger charge is 2.26. The average Bonchev–Trinajstić information content (AvgIpc) is 3.23. The number of aromatic nitrogens is 1. The zero-order valence-electron chi connectivity index (χ0n) is 11.6. The minimum Gasteiger partial charge on any atom is -0.391 e. The van der Waals surface area contributed by atoms with Crippen molar-refractivity contribution in [3.8, 4) is 0 Å². The van der Waals surface area contributed by atoms with Crippen molar-refractivity contribution in [3.05, 3.63) is 38.3 Å². The monoisotopic (exact) mass is 396 g/mol. The van der Waals surface area contributed by atoms with Crippen LogP contribution in [-0.4, -0.2) is 28.9 Å². The van der Waals surface area contributed by atoms with E-state index in [0.717, 1.165) is 45.8 Å². The van der Waals surface area contributed by atoms with Crippen molar-refractivity contribution in [2.24, 2.45) is 0 Å². The lowest BCUT2D eigenvalue weighted by Gasteiger charge is -2.19. The molecule has 1 saturated carbocycles. The van der Waals surface area contributed by atoms with Gasteiger partial charge in [-0.25, -0.2) is 0 Å². The summed E-state index contributed by atoms with van der Waals surface area (Å²) in [6, 6.07) is 6.45. The molecule has 1 aromatic carbocycles. The Hall–Kier alpha value is -1.08. The SMILES string of the molecule is O=c1c2ccc(N3CC[C@@H](O)C3)cc2c(I)cn1C1CC1. The Bertz CT molecular complexity index is 767. The van der Waals surface area contributed by atoms with Gasteiger partial charge in [-0.1, -0.05) is 0 Å². The summed E-state index contributed by atoms with van der Waals surface area (Å²) >= 11 is 2.32. The smallest absolute Gasteiger partial charge is 0.258 e. The molecule has 1 aromatic heterocycles. The van der Waals surface area contributed by atoms with Crippen molar-refractivity contribution in [1.29, 1.82) is 0 Å². The number of hydrogen-bond donors (Lipinski definition) is 1. The van der Waals surface area contributed by atoms with Gasteiger partial charge in [0.25, 0.3) is 5.56 Å². The second-order valence-corrected chi connectivity index (χ2v) is 7.20. The Labute approximate surface area is 136 Å². The lowest BCUT2D eigenvalue weighted by molar-refractivity contribution is 0.198. The molecule has 0 amide bonds. The second kappa shape index (κ2) is 4.98. The number of pyridine rings is 1. The van der Waals surface area contributed by atoms with E-state index in [1.807, 2.05) is 22.9 Å². The summed E-state index contributed by atoms with van der Waals surface area (Å²) in [5.41, 5.74) is 1.22. The van der Waals surface area contributed by atoms with Gasteiger partial charge in [0.1, 0.15) is 0 Å². The fourth-order valence-corrected chi connectivity index (χ4v) is 3.85. The maximum absolute atomic E-state index is 12.6. The zero-order chi connectivity index (χ0) is 14.6. The fourth-order valence-electron chi connectivity index (χ4n) is 3.10. The molecule has 1 atom stereocenters. The van der Waals surface area contributed by atoms with Crippen LogP contribution in [0.4, 0.5) is 5.69 Å². The number of hydrogen-bond acceptors (Lipinski definition) is 3. The van der Waals surface area contributed by atoms with Crippen LogP contribution in [0, 0.1) is 3.57 Å². The van der Waals surface area contributed by atoms with Gasteiger partial charge in [0.15, 0.2) is 0 Å². The summed E-state index contributed by atoms with van der Waals surface area (Å²) < 4.78 is 3.01. The van der Waals surface area contributed by atoms with Crippen LogP contribution in [0.3, 0.4) is 0 Å². The number of halogens is 1. The molecule has 4 rings (SSSR count). The van der Waals surface area contributed by atoms with E-state index in [-0.39, 0.29) is 11.7 Å². The largest absolute Gasteiger partial charge is 0.391 e. The van der Waals surface area contributed by atoms with Gasteiger partial charge < -0.3 is 14.6 Å². The normalized spacial score (nSPS) is 22.2. The third-order valence-corrected chi connectivity index (χ3v) is 5.31. The number of fused-ring (bicyclic) bond motifs is 1. The predicted molar refractivity (Wildman–Crippen MR) is 92.0 cm³/mol. The van der Waals surface area contributed by atoms with E-state index in [0.29, 0.717) is 12.6 Å². The maximum atomic E-state index is 12.6. The third kappa shape index (κ3) is 2.36. The average molecular weight is 396 g/mol. The van der Waals surface area contributed by atoms with Crippen molar-refractivity contribution >= 4 is 39.1 Å². The van der Waals surface area contributed by atoms with Gasteiger partial charge in [-0.05, 0) is 60.1 Å². The highest BCUT2D eigenvalue weighted by molar-refractivity contribution is 14.1.